The first-order chi connectivity index (χ1) is 30.2. The summed E-state index contributed by atoms with van der Waals surface area (Å²) in [6.07, 6.45) is 5.89. The van der Waals surface area contributed by atoms with Gasteiger partial charge in [-0.05, 0) is 104 Å². The van der Waals surface area contributed by atoms with Crippen molar-refractivity contribution in [2.75, 3.05) is 32.4 Å². The smallest absolute Gasteiger partial charge is 0.303 e. The number of ether oxygens (including phenoxy) is 1. The van der Waals surface area contributed by atoms with Crippen LogP contribution in [-0.4, -0.2) is 106 Å². The van der Waals surface area contributed by atoms with E-state index < -0.39 is 47.8 Å². The van der Waals surface area contributed by atoms with E-state index >= 15 is 0 Å². The highest BCUT2D eigenvalue weighted by Crippen LogP contribution is 2.35. The number of pyridine rings is 1. The fourth-order valence-corrected chi connectivity index (χ4v) is 11.0. The van der Waals surface area contributed by atoms with Crippen LogP contribution in [0, 0.1) is 17.7 Å². The van der Waals surface area contributed by atoms with Crippen LogP contribution < -0.4 is 16.0 Å². The SMILES string of the molecule is CCCN(C(=O)[C@@H](NC(=O)[C@H]1CCCCN1C)[C@@H](C)CC)C(C[C@@H](OC(C)=O)c1nc(C(=O)N[C@H]2Cc3ccc(F)cc3[C@H](C(=O)NCCSSc3ccccn3)C2)cs1)C(C)C. The summed E-state index contributed by atoms with van der Waals surface area (Å²) in [7, 11) is 5.05. The Morgan fingerprint density at radius 2 is 1.87 bits per heavy atom. The number of benzene rings is 1. The van der Waals surface area contributed by atoms with E-state index in [9.17, 15) is 28.4 Å². The van der Waals surface area contributed by atoms with Gasteiger partial charge in [-0.15, -0.1) is 11.3 Å². The van der Waals surface area contributed by atoms with Crippen molar-refractivity contribution in [2.45, 2.75) is 134 Å². The number of thiazole rings is 1. The molecule has 1 aliphatic heterocycles. The van der Waals surface area contributed by atoms with E-state index in [1.54, 1.807) is 28.4 Å². The van der Waals surface area contributed by atoms with Gasteiger partial charge in [-0.25, -0.2) is 14.4 Å². The molecule has 3 heterocycles. The van der Waals surface area contributed by atoms with Crippen LogP contribution in [0.25, 0.3) is 0 Å². The van der Waals surface area contributed by atoms with Crippen LogP contribution in [0.15, 0.2) is 53.0 Å². The Kier molecular flexibility index (Phi) is 19.3. The first kappa shape index (κ1) is 49.9. The summed E-state index contributed by atoms with van der Waals surface area (Å²) in [6, 6.07) is 8.27. The molecule has 1 unspecified atom stereocenters. The minimum absolute atomic E-state index is 0.0592. The van der Waals surface area contributed by atoms with Crippen molar-refractivity contribution in [1.82, 2.24) is 35.7 Å². The third-order valence-corrected chi connectivity index (χ3v) is 15.2. The molecule has 2 aliphatic rings. The number of halogens is 1. The van der Waals surface area contributed by atoms with Crippen molar-refractivity contribution in [3.63, 3.8) is 0 Å². The summed E-state index contributed by atoms with van der Waals surface area (Å²) in [5.41, 5.74) is 1.53. The second-order valence-corrected chi connectivity index (χ2v) is 20.3. The summed E-state index contributed by atoms with van der Waals surface area (Å²) in [6.45, 7) is 13.0. The maximum absolute atomic E-state index is 14.7. The van der Waals surface area contributed by atoms with Crippen LogP contribution >= 0.6 is 32.9 Å². The number of piperidine rings is 1. The van der Waals surface area contributed by atoms with E-state index in [2.05, 4.69) is 30.8 Å². The van der Waals surface area contributed by atoms with Crippen molar-refractivity contribution in [2.24, 2.45) is 11.8 Å². The topological polar surface area (TPSA) is 163 Å². The number of carbonyl (C=O) groups excluding carboxylic acids is 5. The summed E-state index contributed by atoms with van der Waals surface area (Å²) < 4.78 is 20.4. The molecule has 13 nitrogen and oxygen atoms in total. The zero-order valence-electron chi connectivity index (χ0n) is 37.6. The molecule has 7 atom stereocenters. The minimum atomic E-state index is -0.855. The maximum Gasteiger partial charge on any atom is 0.303 e. The number of rotatable bonds is 21. The highest BCUT2D eigenvalue weighted by molar-refractivity contribution is 8.76. The Morgan fingerprint density at radius 3 is 2.56 bits per heavy atom. The van der Waals surface area contributed by atoms with Crippen LogP contribution in [0.1, 0.15) is 125 Å². The lowest BCUT2D eigenvalue weighted by atomic mass is 9.79. The molecular formula is C46H64FN7O6S3. The van der Waals surface area contributed by atoms with Crippen LogP contribution in [-0.2, 0) is 30.3 Å². The zero-order chi connectivity index (χ0) is 45.6. The van der Waals surface area contributed by atoms with E-state index in [0.29, 0.717) is 48.7 Å². The second kappa shape index (κ2) is 24.3. The van der Waals surface area contributed by atoms with Crippen molar-refractivity contribution >= 4 is 62.5 Å². The van der Waals surface area contributed by atoms with Crippen LogP contribution in [0.5, 0.6) is 0 Å². The summed E-state index contributed by atoms with van der Waals surface area (Å²) in [5, 5.41) is 12.1. The van der Waals surface area contributed by atoms with E-state index in [1.165, 1.54) is 41.2 Å². The molecule has 0 bridgehead atoms. The minimum Gasteiger partial charge on any atom is -0.455 e. The van der Waals surface area contributed by atoms with Crippen molar-refractivity contribution in [1.29, 1.82) is 0 Å². The number of likely N-dealkylation sites (N-methyl/N-ethyl adjacent to an activating group) is 1. The molecule has 0 saturated carbocycles. The standard InChI is InChI=1S/C46H64FN7O6S3/c1-8-20-54(46(59)41(29(5)9-2)52-44(58)37-14-11-13-21-53(37)7)38(28(3)4)26-39(60-30(6)55)45-51-36(27-61-45)43(57)50-33-23-31-16-17-32(47)24-34(31)35(25-33)42(56)49-19-22-62-63-40-15-10-12-18-48-40/h10,12,15-18,24,27-29,33,35,37-39,41H,8-9,11,13-14,19-23,25-26H2,1-7H3,(H,49,56)(H,50,57)(H,52,58)/t29-,33-,35+,37+,38?,39+,41-/m0/s1. The van der Waals surface area contributed by atoms with E-state index in [4.69, 9.17) is 4.74 Å². The largest absolute Gasteiger partial charge is 0.455 e. The van der Waals surface area contributed by atoms with Gasteiger partial charge in [-0.2, -0.15) is 0 Å². The van der Waals surface area contributed by atoms with Gasteiger partial charge in [0.2, 0.25) is 17.7 Å². The molecule has 2 aromatic heterocycles. The number of nitrogens with one attached hydrogen (secondary N) is 3. The quantitative estimate of drug-likeness (QED) is 0.0557. The summed E-state index contributed by atoms with van der Waals surface area (Å²) in [5.74, 6) is -2.16. The van der Waals surface area contributed by atoms with Gasteiger partial charge < -0.3 is 25.6 Å². The highest BCUT2D eigenvalue weighted by Gasteiger charge is 2.39. The lowest BCUT2D eigenvalue weighted by molar-refractivity contribution is -0.149. The van der Waals surface area contributed by atoms with E-state index in [0.717, 1.165) is 36.4 Å². The molecule has 1 aliphatic carbocycles. The number of amides is 4. The monoisotopic (exact) mass is 925 g/mol. The van der Waals surface area contributed by atoms with E-state index in [-0.39, 0.29) is 54.1 Å². The Bertz CT molecular complexity index is 2010. The van der Waals surface area contributed by atoms with Gasteiger partial charge in [0.15, 0.2) is 6.10 Å². The van der Waals surface area contributed by atoms with Gasteiger partial charge in [0.25, 0.3) is 5.91 Å². The Hall–Kier alpha value is -4.06. The number of likely N-dealkylation sites (tertiary alicyclic amines) is 1. The average Bonchev–Trinajstić information content (AvgIpc) is 3.76. The normalized spacial score (nSPS) is 19.5. The molecule has 0 radical (unpaired) electrons. The average molecular weight is 926 g/mol. The van der Waals surface area contributed by atoms with Gasteiger partial charge in [0, 0.05) is 55.8 Å². The van der Waals surface area contributed by atoms with Gasteiger partial charge in [0.05, 0.1) is 12.0 Å². The molecule has 3 N–H and O–H groups in total. The van der Waals surface area contributed by atoms with Crippen LogP contribution in [0.2, 0.25) is 0 Å². The Labute approximate surface area is 383 Å². The maximum atomic E-state index is 14.7. The fourth-order valence-electron chi connectivity index (χ4n) is 8.41. The third-order valence-electron chi connectivity index (χ3n) is 11.9. The number of fused-ring (bicyclic) bond motifs is 1. The molecule has 63 heavy (non-hydrogen) atoms. The summed E-state index contributed by atoms with van der Waals surface area (Å²) >= 11 is 1.20. The molecule has 1 aromatic carbocycles. The van der Waals surface area contributed by atoms with Gasteiger partial charge in [-0.3, -0.25) is 28.9 Å². The van der Waals surface area contributed by atoms with Crippen molar-refractivity contribution in [3.05, 3.63) is 75.6 Å². The van der Waals surface area contributed by atoms with E-state index in [1.807, 2.05) is 64.8 Å². The molecule has 5 rings (SSSR count). The first-order valence-corrected chi connectivity index (χ1v) is 25.4. The highest BCUT2D eigenvalue weighted by atomic mass is 33.1. The summed E-state index contributed by atoms with van der Waals surface area (Å²) in [4.78, 5) is 81.2. The predicted molar refractivity (Wildman–Crippen MR) is 248 cm³/mol. The second-order valence-electron chi connectivity index (χ2n) is 17.0. The number of aromatic nitrogens is 2. The molecule has 1 fully saturated rings. The number of esters is 1. The fraction of sp³-hybridized carbons (Fsp3) is 0.587. The zero-order valence-corrected chi connectivity index (χ0v) is 40.0. The molecule has 17 heteroatoms. The molecule has 0 spiro atoms. The molecular weight excluding hydrogens is 862 g/mol. The van der Waals surface area contributed by atoms with Gasteiger partial charge >= 0.3 is 5.97 Å². The predicted octanol–water partition coefficient (Wildman–Crippen LogP) is 7.34. The van der Waals surface area contributed by atoms with Crippen LogP contribution in [0.4, 0.5) is 4.39 Å². The first-order valence-electron chi connectivity index (χ1n) is 22.2. The number of hydrogen-bond donors (Lipinski definition) is 3. The number of hydrogen-bond acceptors (Lipinski definition) is 12. The molecule has 3 aromatic rings. The van der Waals surface area contributed by atoms with Gasteiger partial charge in [0.1, 0.15) is 27.6 Å². The molecule has 4 amide bonds. The lowest BCUT2D eigenvalue weighted by Crippen LogP contribution is -2.58. The van der Waals surface area contributed by atoms with Crippen molar-refractivity contribution < 1.29 is 33.1 Å². The Morgan fingerprint density at radius 1 is 1.08 bits per heavy atom. The van der Waals surface area contributed by atoms with Crippen molar-refractivity contribution in [3.8, 4) is 0 Å². The molecule has 344 valence electrons. The lowest BCUT2D eigenvalue weighted by Gasteiger charge is -2.40. The van der Waals surface area contributed by atoms with Crippen LogP contribution in [0.3, 0.4) is 0 Å². The number of carbonyl (C=O) groups is 5. The number of nitrogens with zero attached hydrogens (tertiary/aromatic N) is 4. The van der Waals surface area contributed by atoms with Gasteiger partial charge in [-0.1, -0.05) is 70.4 Å². The third kappa shape index (κ3) is 14.0. The Balaban J connectivity index is 1.28. The molecule has 1 saturated heterocycles.